The zero-order valence-corrected chi connectivity index (χ0v) is 9.50. The molecular weight excluding hydrogens is 184 g/mol. The zero-order chi connectivity index (χ0) is 10.5. The lowest BCUT2D eigenvalue weighted by Crippen LogP contribution is -2.30. The molecule has 0 spiro atoms. The third-order valence-electron chi connectivity index (χ3n) is 2.97. The van der Waals surface area contributed by atoms with Crippen LogP contribution in [0.15, 0.2) is 24.3 Å². The molecule has 1 aliphatic rings. The van der Waals surface area contributed by atoms with Crippen molar-refractivity contribution in [1.29, 1.82) is 0 Å². The number of para-hydroxylation sites is 2. The van der Waals surface area contributed by atoms with Crippen LogP contribution in [0, 0.1) is 0 Å². The third-order valence-corrected chi connectivity index (χ3v) is 2.97. The Morgan fingerprint density at radius 1 is 1.13 bits per heavy atom. The summed E-state index contributed by atoms with van der Waals surface area (Å²) >= 11 is 0. The molecule has 82 valence electrons. The van der Waals surface area contributed by atoms with E-state index in [4.69, 9.17) is 0 Å². The molecule has 0 aromatic heterocycles. The van der Waals surface area contributed by atoms with Gasteiger partial charge in [-0.2, -0.15) is 0 Å². The molecule has 0 atom stereocenters. The number of piperidine rings is 1. The van der Waals surface area contributed by atoms with Gasteiger partial charge < -0.3 is 10.2 Å². The zero-order valence-electron chi connectivity index (χ0n) is 9.50. The van der Waals surface area contributed by atoms with Crippen molar-refractivity contribution < 1.29 is 0 Å². The number of nitrogens with zero attached hydrogens (tertiary/aromatic N) is 1. The Hall–Kier alpha value is -1.18. The van der Waals surface area contributed by atoms with Gasteiger partial charge in [-0.15, -0.1) is 0 Å². The van der Waals surface area contributed by atoms with Crippen molar-refractivity contribution in [2.45, 2.75) is 26.2 Å². The minimum atomic E-state index is 0.991. The Balaban J connectivity index is 2.17. The topological polar surface area (TPSA) is 15.3 Å². The van der Waals surface area contributed by atoms with Crippen molar-refractivity contribution in [3.63, 3.8) is 0 Å². The second-order valence-electron chi connectivity index (χ2n) is 4.10. The quantitative estimate of drug-likeness (QED) is 0.814. The van der Waals surface area contributed by atoms with E-state index in [1.807, 2.05) is 0 Å². The molecule has 0 radical (unpaired) electrons. The lowest BCUT2D eigenvalue weighted by molar-refractivity contribution is 0.578. The van der Waals surface area contributed by atoms with Crippen molar-refractivity contribution in [3.8, 4) is 0 Å². The maximum absolute atomic E-state index is 3.43. The first-order valence-corrected chi connectivity index (χ1v) is 5.99. The van der Waals surface area contributed by atoms with Gasteiger partial charge >= 0.3 is 0 Å². The lowest BCUT2D eigenvalue weighted by Gasteiger charge is -2.30. The minimum absolute atomic E-state index is 0.991. The lowest BCUT2D eigenvalue weighted by atomic mass is 10.1. The van der Waals surface area contributed by atoms with Gasteiger partial charge in [-0.05, 0) is 38.3 Å². The highest BCUT2D eigenvalue weighted by atomic mass is 15.1. The Labute approximate surface area is 92.3 Å². The number of rotatable bonds is 3. The van der Waals surface area contributed by atoms with Gasteiger partial charge in [-0.1, -0.05) is 12.1 Å². The van der Waals surface area contributed by atoms with Gasteiger partial charge in [0.2, 0.25) is 0 Å². The van der Waals surface area contributed by atoms with Crippen molar-refractivity contribution in [3.05, 3.63) is 24.3 Å². The molecule has 0 aliphatic carbocycles. The van der Waals surface area contributed by atoms with E-state index in [0.29, 0.717) is 0 Å². The van der Waals surface area contributed by atoms with E-state index in [9.17, 15) is 0 Å². The van der Waals surface area contributed by atoms with E-state index in [2.05, 4.69) is 41.4 Å². The Bertz CT molecular complexity index is 303. The van der Waals surface area contributed by atoms with Crippen LogP contribution < -0.4 is 10.2 Å². The molecule has 1 aliphatic heterocycles. The normalized spacial score (nSPS) is 16.5. The van der Waals surface area contributed by atoms with E-state index < -0.39 is 0 Å². The average molecular weight is 204 g/mol. The van der Waals surface area contributed by atoms with Gasteiger partial charge in [0.1, 0.15) is 0 Å². The Morgan fingerprint density at radius 2 is 1.87 bits per heavy atom. The van der Waals surface area contributed by atoms with Gasteiger partial charge in [0, 0.05) is 19.6 Å². The maximum atomic E-state index is 3.43. The Morgan fingerprint density at radius 3 is 2.60 bits per heavy atom. The van der Waals surface area contributed by atoms with Gasteiger partial charge in [-0.25, -0.2) is 0 Å². The molecule has 1 aromatic carbocycles. The van der Waals surface area contributed by atoms with Gasteiger partial charge in [0.15, 0.2) is 0 Å². The summed E-state index contributed by atoms with van der Waals surface area (Å²) < 4.78 is 0. The summed E-state index contributed by atoms with van der Waals surface area (Å²) in [6.45, 7) is 5.56. The fraction of sp³-hybridized carbons (Fsp3) is 0.538. The second kappa shape index (κ2) is 5.06. The molecule has 2 rings (SSSR count). The van der Waals surface area contributed by atoms with E-state index in [1.54, 1.807) is 0 Å². The smallest absolute Gasteiger partial charge is 0.0602 e. The summed E-state index contributed by atoms with van der Waals surface area (Å²) in [5, 5.41) is 3.43. The summed E-state index contributed by atoms with van der Waals surface area (Å²) in [6.07, 6.45) is 4.06. The molecule has 0 amide bonds. The molecule has 1 N–H and O–H groups in total. The summed E-state index contributed by atoms with van der Waals surface area (Å²) in [7, 11) is 0. The Kier molecular flexibility index (Phi) is 3.49. The highest BCUT2D eigenvalue weighted by molar-refractivity contribution is 5.70. The minimum Gasteiger partial charge on any atom is -0.384 e. The molecule has 0 bridgehead atoms. The highest BCUT2D eigenvalue weighted by Gasteiger charge is 2.13. The molecule has 0 saturated carbocycles. The van der Waals surface area contributed by atoms with Crippen LogP contribution in [0.3, 0.4) is 0 Å². The summed E-state index contributed by atoms with van der Waals surface area (Å²) in [6, 6.07) is 8.63. The molecule has 0 unspecified atom stereocenters. The molecule has 1 aromatic rings. The van der Waals surface area contributed by atoms with Crippen LogP contribution in [-0.4, -0.2) is 19.6 Å². The van der Waals surface area contributed by atoms with Crippen LogP contribution in [0.25, 0.3) is 0 Å². The first kappa shape index (κ1) is 10.3. The fourth-order valence-electron chi connectivity index (χ4n) is 2.22. The number of hydrogen-bond donors (Lipinski definition) is 1. The molecule has 1 fully saturated rings. The molecule has 15 heavy (non-hydrogen) atoms. The number of hydrogen-bond acceptors (Lipinski definition) is 2. The van der Waals surface area contributed by atoms with Crippen molar-refractivity contribution in [2.75, 3.05) is 29.9 Å². The SMILES string of the molecule is CCNc1ccccc1N1CCCCC1. The first-order valence-electron chi connectivity index (χ1n) is 5.99. The van der Waals surface area contributed by atoms with Crippen LogP contribution >= 0.6 is 0 Å². The molecular formula is C13H20N2. The van der Waals surface area contributed by atoms with Crippen LogP contribution in [-0.2, 0) is 0 Å². The van der Waals surface area contributed by atoms with Crippen LogP contribution in [0.1, 0.15) is 26.2 Å². The van der Waals surface area contributed by atoms with E-state index in [1.165, 1.54) is 43.7 Å². The fourth-order valence-corrected chi connectivity index (χ4v) is 2.22. The van der Waals surface area contributed by atoms with Crippen LogP contribution in [0.2, 0.25) is 0 Å². The molecule has 1 saturated heterocycles. The second-order valence-corrected chi connectivity index (χ2v) is 4.10. The summed E-state index contributed by atoms with van der Waals surface area (Å²) in [4.78, 5) is 2.50. The highest BCUT2D eigenvalue weighted by Crippen LogP contribution is 2.27. The maximum Gasteiger partial charge on any atom is 0.0602 e. The van der Waals surface area contributed by atoms with Gasteiger partial charge in [-0.3, -0.25) is 0 Å². The number of anilines is 2. The molecule has 1 heterocycles. The number of nitrogens with one attached hydrogen (secondary N) is 1. The van der Waals surface area contributed by atoms with Crippen molar-refractivity contribution in [2.24, 2.45) is 0 Å². The largest absolute Gasteiger partial charge is 0.384 e. The summed E-state index contributed by atoms with van der Waals surface area (Å²) in [5.41, 5.74) is 2.65. The predicted molar refractivity (Wildman–Crippen MR) is 66.7 cm³/mol. The van der Waals surface area contributed by atoms with Gasteiger partial charge in [0.25, 0.3) is 0 Å². The molecule has 2 heteroatoms. The van der Waals surface area contributed by atoms with E-state index >= 15 is 0 Å². The third kappa shape index (κ3) is 2.44. The summed E-state index contributed by atoms with van der Waals surface area (Å²) in [5.74, 6) is 0. The average Bonchev–Trinajstić information content (AvgIpc) is 2.31. The van der Waals surface area contributed by atoms with E-state index in [0.717, 1.165) is 6.54 Å². The standard InChI is InChI=1S/C13H20N2/c1-2-14-12-8-4-5-9-13(12)15-10-6-3-7-11-15/h4-5,8-9,14H,2-3,6-7,10-11H2,1H3. The van der Waals surface area contributed by atoms with E-state index in [-0.39, 0.29) is 0 Å². The monoisotopic (exact) mass is 204 g/mol. The van der Waals surface area contributed by atoms with Crippen LogP contribution in [0.5, 0.6) is 0 Å². The number of benzene rings is 1. The van der Waals surface area contributed by atoms with Crippen LogP contribution in [0.4, 0.5) is 11.4 Å². The van der Waals surface area contributed by atoms with Gasteiger partial charge in [0.05, 0.1) is 11.4 Å². The first-order chi connectivity index (χ1) is 7.42. The van der Waals surface area contributed by atoms with Crippen molar-refractivity contribution in [1.82, 2.24) is 0 Å². The predicted octanol–water partition coefficient (Wildman–Crippen LogP) is 3.11. The molecule has 2 nitrogen and oxygen atoms in total. The van der Waals surface area contributed by atoms with Crippen molar-refractivity contribution >= 4 is 11.4 Å².